The fourth-order valence-electron chi connectivity index (χ4n) is 2.13. The molecule has 0 spiro atoms. The Bertz CT molecular complexity index is 554. The summed E-state index contributed by atoms with van der Waals surface area (Å²) in [6.45, 7) is 11.3. The highest BCUT2D eigenvalue weighted by molar-refractivity contribution is 5.42. The standard InChI is InChI=1S/C14H24N6/c1-10(2)6-7-11(14(3,4)5)15-12-8-9-13-16-18-19-20(13)17-12/h8-11H,6-7H2,1-5H3,(H,15,17). The molecule has 2 aromatic rings. The molecule has 0 saturated carbocycles. The van der Waals surface area contributed by atoms with Gasteiger partial charge in [0.2, 0.25) is 0 Å². The molecule has 0 saturated heterocycles. The maximum atomic E-state index is 4.39. The van der Waals surface area contributed by atoms with Gasteiger partial charge in [0.15, 0.2) is 5.65 Å². The first-order valence-electron chi connectivity index (χ1n) is 7.18. The number of nitrogens with one attached hydrogen (secondary N) is 1. The fraction of sp³-hybridized carbons (Fsp3) is 0.714. The Morgan fingerprint density at radius 1 is 1.20 bits per heavy atom. The van der Waals surface area contributed by atoms with Crippen LogP contribution in [0.5, 0.6) is 0 Å². The van der Waals surface area contributed by atoms with Crippen LogP contribution in [0.15, 0.2) is 12.1 Å². The summed E-state index contributed by atoms with van der Waals surface area (Å²) in [5.74, 6) is 1.52. The summed E-state index contributed by atoms with van der Waals surface area (Å²) in [5.41, 5.74) is 0.830. The van der Waals surface area contributed by atoms with E-state index in [1.165, 1.54) is 11.1 Å². The van der Waals surface area contributed by atoms with Crippen molar-refractivity contribution < 1.29 is 0 Å². The lowest BCUT2D eigenvalue weighted by Gasteiger charge is -2.32. The van der Waals surface area contributed by atoms with E-state index in [4.69, 9.17) is 0 Å². The molecule has 6 heteroatoms. The number of hydrogen-bond acceptors (Lipinski definition) is 5. The number of hydrogen-bond donors (Lipinski definition) is 1. The first kappa shape index (κ1) is 14.7. The summed E-state index contributed by atoms with van der Waals surface area (Å²) in [6.07, 6.45) is 2.32. The van der Waals surface area contributed by atoms with E-state index in [9.17, 15) is 0 Å². The molecule has 0 amide bonds. The van der Waals surface area contributed by atoms with Gasteiger partial charge in [-0.1, -0.05) is 34.6 Å². The number of nitrogens with zero attached hydrogens (tertiary/aromatic N) is 5. The van der Waals surface area contributed by atoms with E-state index >= 15 is 0 Å². The Balaban J connectivity index is 2.13. The quantitative estimate of drug-likeness (QED) is 0.909. The van der Waals surface area contributed by atoms with Crippen molar-refractivity contribution in [2.24, 2.45) is 11.3 Å². The predicted molar refractivity (Wildman–Crippen MR) is 79.5 cm³/mol. The predicted octanol–water partition coefficient (Wildman–Crippen LogP) is 2.78. The zero-order chi connectivity index (χ0) is 14.8. The normalized spacial score (nSPS) is 13.9. The van der Waals surface area contributed by atoms with E-state index in [1.807, 2.05) is 12.1 Å². The van der Waals surface area contributed by atoms with Gasteiger partial charge in [-0.3, -0.25) is 0 Å². The second-order valence-electron chi connectivity index (χ2n) is 6.78. The zero-order valence-corrected chi connectivity index (χ0v) is 13.0. The molecular formula is C14H24N6. The van der Waals surface area contributed by atoms with Crippen LogP contribution in [-0.4, -0.2) is 31.3 Å². The molecule has 2 rings (SSSR count). The number of tetrazole rings is 1. The smallest absolute Gasteiger partial charge is 0.200 e. The fourth-order valence-corrected chi connectivity index (χ4v) is 2.13. The summed E-state index contributed by atoms with van der Waals surface area (Å²) < 4.78 is 1.45. The highest BCUT2D eigenvalue weighted by Gasteiger charge is 2.25. The van der Waals surface area contributed by atoms with Crippen molar-refractivity contribution in [3.05, 3.63) is 12.1 Å². The molecule has 20 heavy (non-hydrogen) atoms. The minimum absolute atomic E-state index is 0.173. The van der Waals surface area contributed by atoms with Crippen molar-refractivity contribution in [1.29, 1.82) is 0 Å². The monoisotopic (exact) mass is 276 g/mol. The molecule has 6 nitrogen and oxygen atoms in total. The third-order valence-corrected chi connectivity index (χ3v) is 3.47. The lowest BCUT2D eigenvalue weighted by atomic mass is 9.83. The second kappa shape index (κ2) is 5.73. The average molecular weight is 276 g/mol. The van der Waals surface area contributed by atoms with Crippen LogP contribution in [0.25, 0.3) is 5.65 Å². The maximum absolute atomic E-state index is 4.39. The van der Waals surface area contributed by atoms with E-state index in [0.717, 1.165) is 12.2 Å². The molecule has 2 aromatic heterocycles. The van der Waals surface area contributed by atoms with Crippen molar-refractivity contribution in [3.8, 4) is 0 Å². The van der Waals surface area contributed by atoms with Crippen molar-refractivity contribution in [2.45, 2.75) is 53.5 Å². The average Bonchev–Trinajstić information content (AvgIpc) is 2.79. The molecule has 0 aliphatic heterocycles. The number of rotatable bonds is 5. The summed E-state index contributed by atoms with van der Waals surface area (Å²) in [7, 11) is 0. The molecule has 0 fully saturated rings. The number of anilines is 1. The lowest BCUT2D eigenvalue weighted by Crippen LogP contribution is -2.34. The summed E-state index contributed by atoms with van der Waals surface area (Å²) in [6, 6.07) is 4.17. The summed E-state index contributed by atoms with van der Waals surface area (Å²) in [5, 5.41) is 19.2. The topological polar surface area (TPSA) is 68.0 Å². The van der Waals surface area contributed by atoms with Crippen LogP contribution in [0.2, 0.25) is 0 Å². The van der Waals surface area contributed by atoms with Gasteiger partial charge in [-0.05, 0) is 46.7 Å². The Morgan fingerprint density at radius 3 is 2.60 bits per heavy atom. The van der Waals surface area contributed by atoms with Gasteiger partial charge >= 0.3 is 0 Å². The van der Waals surface area contributed by atoms with E-state index in [1.54, 1.807) is 0 Å². The van der Waals surface area contributed by atoms with Crippen LogP contribution in [0.4, 0.5) is 5.82 Å². The molecule has 110 valence electrons. The first-order valence-corrected chi connectivity index (χ1v) is 7.18. The minimum atomic E-state index is 0.173. The van der Waals surface area contributed by atoms with Gasteiger partial charge < -0.3 is 5.32 Å². The van der Waals surface area contributed by atoms with E-state index in [2.05, 4.69) is 60.6 Å². The SMILES string of the molecule is CC(C)CCC(Nc1ccc2nnnn2n1)C(C)(C)C. The third-order valence-electron chi connectivity index (χ3n) is 3.47. The van der Waals surface area contributed by atoms with Crippen molar-refractivity contribution >= 4 is 11.5 Å². The van der Waals surface area contributed by atoms with Crippen LogP contribution < -0.4 is 5.32 Å². The van der Waals surface area contributed by atoms with Crippen molar-refractivity contribution in [3.63, 3.8) is 0 Å². The third kappa shape index (κ3) is 3.65. The van der Waals surface area contributed by atoms with E-state index in [-0.39, 0.29) is 5.41 Å². The van der Waals surface area contributed by atoms with Crippen LogP contribution >= 0.6 is 0 Å². The Labute approximate surface area is 120 Å². The highest BCUT2D eigenvalue weighted by atomic mass is 15.6. The first-order chi connectivity index (χ1) is 9.36. The Kier molecular flexibility index (Phi) is 4.20. The van der Waals surface area contributed by atoms with Gasteiger partial charge in [-0.25, -0.2) is 0 Å². The lowest BCUT2D eigenvalue weighted by molar-refractivity contribution is 0.309. The molecule has 1 N–H and O–H groups in total. The largest absolute Gasteiger partial charge is 0.365 e. The minimum Gasteiger partial charge on any atom is -0.365 e. The maximum Gasteiger partial charge on any atom is 0.200 e. The second-order valence-corrected chi connectivity index (χ2v) is 6.78. The van der Waals surface area contributed by atoms with Gasteiger partial charge in [-0.15, -0.1) is 14.8 Å². The molecule has 0 aliphatic rings. The van der Waals surface area contributed by atoms with Gasteiger partial charge in [0.1, 0.15) is 5.82 Å². The van der Waals surface area contributed by atoms with E-state index in [0.29, 0.717) is 17.6 Å². The van der Waals surface area contributed by atoms with Gasteiger partial charge in [0.25, 0.3) is 0 Å². The van der Waals surface area contributed by atoms with Crippen molar-refractivity contribution in [1.82, 2.24) is 25.3 Å². The van der Waals surface area contributed by atoms with Gasteiger partial charge in [0.05, 0.1) is 0 Å². The van der Waals surface area contributed by atoms with Gasteiger partial charge in [-0.2, -0.15) is 0 Å². The molecule has 1 unspecified atom stereocenters. The van der Waals surface area contributed by atoms with Crippen molar-refractivity contribution in [2.75, 3.05) is 5.32 Å². The van der Waals surface area contributed by atoms with Crippen LogP contribution in [0.3, 0.4) is 0 Å². The van der Waals surface area contributed by atoms with E-state index < -0.39 is 0 Å². The highest BCUT2D eigenvalue weighted by Crippen LogP contribution is 2.27. The molecule has 0 aliphatic carbocycles. The summed E-state index contributed by atoms with van der Waals surface area (Å²) >= 11 is 0. The summed E-state index contributed by atoms with van der Waals surface area (Å²) in [4.78, 5) is 0. The number of fused-ring (bicyclic) bond motifs is 1. The molecule has 1 atom stereocenters. The van der Waals surface area contributed by atoms with Gasteiger partial charge in [0, 0.05) is 6.04 Å². The molecule has 0 radical (unpaired) electrons. The van der Waals surface area contributed by atoms with Crippen LogP contribution in [0, 0.1) is 11.3 Å². The Hall–Kier alpha value is -1.72. The number of aromatic nitrogens is 5. The molecular weight excluding hydrogens is 252 g/mol. The molecule has 0 bridgehead atoms. The van der Waals surface area contributed by atoms with Crippen LogP contribution in [-0.2, 0) is 0 Å². The van der Waals surface area contributed by atoms with Crippen LogP contribution in [0.1, 0.15) is 47.5 Å². The molecule has 0 aromatic carbocycles. The zero-order valence-electron chi connectivity index (χ0n) is 13.0. The Morgan fingerprint density at radius 2 is 1.95 bits per heavy atom. The molecule has 2 heterocycles.